The summed E-state index contributed by atoms with van der Waals surface area (Å²) in [4.78, 5) is 9.89. The molecule has 1 heterocycles. The van der Waals surface area contributed by atoms with Crippen molar-refractivity contribution in [3.8, 4) is 0 Å². The van der Waals surface area contributed by atoms with Crippen molar-refractivity contribution in [1.82, 2.24) is 15.0 Å². The molecule has 0 radical (unpaired) electrons. The van der Waals surface area contributed by atoms with E-state index in [1.54, 1.807) is 6.20 Å². The number of aryl methyl sites for hydroxylation is 1. The Kier molecular flexibility index (Phi) is 1.99. The van der Waals surface area contributed by atoms with Gasteiger partial charge in [0.05, 0.1) is 6.20 Å². The Labute approximate surface area is 57.8 Å². The summed E-state index contributed by atoms with van der Waals surface area (Å²) in [7, 11) is 0. The number of hydrogen-bond donors (Lipinski definition) is 1. The summed E-state index contributed by atoms with van der Waals surface area (Å²) in [6.45, 7) is 0.549. The monoisotopic (exact) mass is 140 g/mol. The number of aromatic nitrogens is 3. The third-order valence-electron chi connectivity index (χ3n) is 1.03. The van der Waals surface area contributed by atoms with Gasteiger partial charge in [-0.15, -0.1) is 5.10 Å². The first-order valence-electron chi connectivity index (χ1n) is 2.92. The highest BCUT2D eigenvalue weighted by Crippen LogP contribution is 1.92. The van der Waals surface area contributed by atoms with Crippen LogP contribution in [0.5, 0.6) is 0 Å². The summed E-state index contributed by atoms with van der Waals surface area (Å²) < 4.78 is 1.53. The van der Waals surface area contributed by atoms with Crippen molar-refractivity contribution >= 4 is 12.1 Å². The fraction of sp³-hybridized carbons (Fsp3) is 0.400. The average molecular weight is 140 g/mol. The van der Waals surface area contributed by atoms with Gasteiger partial charge >= 0.3 is 0 Å². The molecule has 0 spiro atoms. The van der Waals surface area contributed by atoms with Crippen LogP contribution in [0.15, 0.2) is 6.20 Å². The molecule has 0 amide bonds. The minimum Gasteiger partial charge on any atom is -0.381 e. The van der Waals surface area contributed by atoms with Crippen LogP contribution in [0.4, 0.5) is 5.82 Å². The van der Waals surface area contributed by atoms with Gasteiger partial charge in [-0.05, 0) is 0 Å². The van der Waals surface area contributed by atoms with Gasteiger partial charge in [-0.25, -0.2) is 4.68 Å². The lowest BCUT2D eigenvalue weighted by Gasteiger charge is -1.90. The molecule has 0 saturated carbocycles. The van der Waals surface area contributed by atoms with E-state index in [4.69, 9.17) is 5.73 Å². The zero-order chi connectivity index (χ0) is 7.40. The van der Waals surface area contributed by atoms with Crippen molar-refractivity contribution in [2.45, 2.75) is 13.0 Å². The molecule has 0 unspecified atom stereocenters. The number of nitrogens with two attached hydrogens (primary N) is 1. The Morgan fingerprint density at radius 1 is 1.80 bits per heavy atom. The molecule has 0 aliphatic heterocycles. The zero-order valence-corrected chi connectivity index (χ0v) is 5.40. The lowest BCUT2D eigenvalue weighted by atomic mass is 10.5. The number of nitrogen functional groups attached to an aromatic ring is 1. The molecule has 0 aliphatic rings. The van der Waals surface area contributed by atoms with Crippen LogP contribution in [0, 0.1) is 0 Å². The predicted octanol–water partition coefficient (Wildman–Crippen LogP) is -0.551. The van der Waals surface area contributed by atoms with Gasteiger partial charge < -0.3 is 10.5 Å². The predicted molar refractivity (Wildman–Crippen MR) is 35.1 cm³/mol. The zero-order valence-electron chi connectivity index (χ0n) is 5.40. The Bertz CT molecular complexity index is 219. The third kappa shape index (κ3) is 1.54. The van der Waals surface area contributed by atoms with E-state index in [1.165, 1.54) is 4.68 Å². The quantitative estimate of drug-likeness (QED) is 0.571. The summed E-state index contributed by atoms with van der Waals surface area (Å²) in [6.07, 6.45) is 2.87. The maximum atomic E-state index is 9.89. The molecule has 0 atom stereocenters. The SMILES string of the molecule is Nc1cn(CCC=O)nn1. The van der Waals surface area contributed by atoms with Gasteiger partial charge in [0.15, 0.2) is 5.82 Å². The van der Waals surface area contributed by atoms with Gasteiger partial charge in [-0.2, -0.15) is 0 Å². The van der Waals surface area contributed by atoms with E-state index in [2.05, 4.69) is 10.3 Å². The fourth-order valence-electron chi connectivity index (χ4n) is 0.608. The summed E-state index contributed by atoms with van der Waals surface area (Å²) in [5, 5.41) is 7.18. The van der Waals surface area contributed by atoms with E-state index < -0.39 is 0 Å². The van der Waals surface area contributed by atoms with Crippen LogP contribution in [0.3, 0.4) is 0 Å². The number of hydrogen-bond acceptors (Lipinski definition) is 4. The minimum absolute atomic E-state index is 0.380. The summed E-state index contributed by atoms with van der Waals surface area (Å²) >= 11 is 0. The Balaban J connectivity index is 2.49. The second kappa shape index (κ2) is 2.95. The van der Waals surface area contributed by atoms with Gasteiger partial charge in [-0.3, -0.25) is 0 Å². The second-order valence-electron chi connectivity index (χ2n) is 1.86. The van der Waals surface area contributed by atoms with E-state index in [-0.39, 0.29) is 0 Å². The van der Waals surface area contributed by atoms with Crippen LogP contribution in [0.2, 0.25) is 0 Å². The molecule has 0 fully saturated rings. The highest BCUT2D eigenvalue weighted by atomic mass is 16.1. The second-order valence-corrected chi connectivity index (χ2v) is 1.86. The molecule has 0 saturated heterocycles. The third-order valence-corrected chi connectivity index (χ3v) is 1.03. The Morgan fingerprint density at radius 3 is 3.10 bits per heavy atom. The molecular formula is C5H8N4O. The van der Waals surface area contributed by atoms with Crippen molar-refractivity contribution in [1.29, 1.82) is 0 Å². The van der Waals surface area contributed by atoms with Crippen LogP contribution in [-0.2, 0) is 11.3 Å². The molecule has 1 aromatic heterocycles. The Morgan fingerprint density at radius 2 is 2.60 bits per heavy atom. The molecule has 0 aliphatic carbocycles. The molecule has 2 N–H and O–H groups in total. The van der Waals surface area contributed by atoms with Gasteiger partial charge in [0, 0.05) is 13.0 Å². The van der Waals surface area contributed by atoms with Crippen molar-refractivity contribution in [2.75, 3.05) is 5.73 Å². The first-order valence-corrected chi connectivity index (χ1v) is 2.92. The van der Waals surface area contributed by atoms with Crippen LogP contribution < -0.4 is 5.73 Å². The molecule has 1 rings (SSSR count). The van der Waals surface area contributed by atoms with Gasteiger partial charge in [0.1, 0.15) is 6.29 Å². The smallest absolute Gasteiger partial charge is 0.165 e. The Hall–Kier alpha value is -1.39. The van der Waals surface area contributed by atoms with E-state index in [9.17, 15) is 4.79 Å². The van der Waals surface area contributed by atoms with Crippen LogP contribution >= 0.6 is 0 Å². The molecule has 0 aromatic carbocycles. The van der Waals surface area contributed by atoms with Crippen molar-refractivity contribution in [3.63, 3.8) is 0 Å². The normalized spacial score (nSPS) is 9.60. The van der Waals surface area contributed by atoms with E-state index in [1.807, 2.05) is 0 Å². The lowest BCUT2D eigenvalue weighted by Crippen LogP contribution is -1.98. The largest absolute Gasteiger partial charge is 0.381 e. The molecule has 54 valence electrons. The maximum Gasteiger partial charge on any atom is 0.165 e. The van der Waals surface area contributed by atoms with Crippen LogP contribution in [-0.4, -0.2) is 21.3 Å². The van der Waals surface area contributed by atoms with E-state index >= 15 is 0 Å². The first-order chi connectivity index (χ1) is 4.83. The van der Waals surface area contributed by atoms with Crippen LogP contribution in [0.25, 0.3) is 0 Å². The van der Waals surface area contributed by atoms with Gasteiger partial charge in [0.25, 0.3) is 0 Å². The molecule has 0 bridgehead atoms. The number of carbonyl (C=O) groups is 1. The van der Waals surface area contributed by atoms with E-state index in [0.29, 0.717) is 18.8 Å². The van der Waals surface area contributed by atoms with Crippen molar-refractivity contribution in [3.05, 3.63) is 6.20 Å². The molecule has 10 heavy (non-hydrogen) atoms. The number of nitrogens with zero attached hydrogens (tertiary/aromatic N) is 3. The lowest BCUT2D eigenvalue weighted by molar-refractivity contribution is -0.108. The number of rotatable bonds is 3. The highest BCUT2D eigenvalue weighted by Gasteiger charge is 1.93. The number of carbonyl (C=O) groups excluding carboxylic acids is 1. The standard InChI is InChI=1S/C5H8N4O/c6-5-4-9(8-7-5)2-1-3-10/h3-4H,1-2,6H2. The molecule has 1 aromatic rings. The first kappa shape index (κ1) is 6.73. The summed E-state index contributed by atoms with van der Waals surface area (Å²) in [5.74, 6) is 0.380. The highest BCUT2D eigenvalue weighted by molar-refractivity contribution is 5.48. The summed E-state index contributed by atoms with van der Waals surface area (Å²) in [6, 6.07) is 0. The number of aldehydes is 1. The van der Waals surface area contributed by atoms with Gasteiger partial charge in [0.2, 0.25) is 0 Å². The topological polar surface area (TPSA) is 73.8 Å². The average Bonchev–Trinajstić information content (AvgIpc) is 2.31. The molecule has 5 nitrogen and oxygen atoms in total. The fourth-order valence-corrected chi connectivity index (χ4v) is 0.608. The van der Waals surface area contributed by atoms with E-state index in [0.717, 1.165) is 6.29 Å². The molecule has 5 heteroatoms. The molecular weight excluding hydrogens is 132 g/mol. The van der Waals surface area contributed by atoms with Gasteiger partial charge in [-0.1, -0.05) is 5.21 Å². The van der Waals surface area contributed by atoms with Crippen LogP contribution in [0.1, 0.15) is 6.42 Å². The number of anilines is 1. The summed E-state index contributed by atoms with van der Waals surface area (Å²) in [5.41, 5.74) is 5.27. The maximum absolute atomic E-state index is 9.89. The minimum atomic E-state index is 0.380. The van der Waals surface area contributed by atoms with Crippen molar-refractivity contribution in [2.24, 2.45) is 0 Å². The van der Waals surface area contributed by atoms with Crippen molar-refractivity contribution < 1.29 is 4.79 Å².